The molecule has 0 unspecified atom stereocenters. The van der Waals surface area contributed by atoms with E-state index < -0.39 is 0 Å². The van der Waals surface area contributed by atoms with Crippen molar-refractivity contribution in [3.63, 3.8) is 0 Å². The number of anilines is 1. The summed E-state index contributed by atoms with van der Waals surface area (Å²) in [5, 5.41) is 12.0. The van der Waals surface area contributed by atoms with Gasteiger partial charge in [-0.1, -0.05) is 18.2 Å². The second kappa shape index (κ2) is 7.69. The molecule has 2 aromatic carbocycles. The molecule has 2 N–H and O–H groups in total. The Balaban J connectivity index is 1.26. The number of nitrogens with zero attached hydrogens (tertiary/aromatic N) is 2. The van der Waals surface area contributed by atoms with E-state index in [2.05, 4.69) is 26.5 Å². The van der Waals surface area contributed by atoms with Crippen LogP contribution in [-0.4, -0.2) is 46.8 Å². The number of morpholine rings is 1. The maximum Gasteiger partial charge on any atom is 0.226 e. The Morgan fingerprint density at radius 3 is 3.07 bits per heavy atom. The number of carbonyl (C=O) groups excluding carboxylic acids is 1. The summed E-state index contributed by atoms with van der Waals surface area (Å²) in [6.45, 7) is 2.64. The maximum atomic E-state index is 12.7. The Hall–Kier alpha value is -3.16. The molecule has 1 aliphatic rings. The predicted molar refractivity (Wildman–Crippen MR) is 111 cm³/mol. The molecular formula is C22H22N4O3. The summed E-state index contributed by atoms with van der Waals surface area (Å²) in [5.74, 6) is 0.877. The molecule has 5 rings (SSSR count). The fraction of sp³-hybridized carbons (Fsp3) is 0.273. The molecular weight excluding hydrogens is 368 g/mol. The third-order valence-electron chi connectivity index (χ3n) is 5.33. The normalized spacial score (nSPS) is 17.7. The van der Waals surface area contributed by atoms with Gasteiger partial charge in [0.1, 0.15) is 11.3 Å². The maximum absolute atomic E-state index is 12.7. The number of rotatable bonds is 5. The van der Waals surface area contributed by atoms with Crippen molar-refractivity contribution >= 4 is 33.5 Å². The molecule has 29 heavy (non-hydrogen) atoms. The smallest absolute Gasteiger partial charge is 0.226 e. The van der Waals surface area contributed by atoms with Crippen molar-refractivity contribution in [2.24, 2.45) is 0 Å². The minimum absolute atomic E-state index is 0.00891. The zero-order valence-corrected chi connectivity index (χ0v) is 15.9. The van der Waals surface area contributed by atoms with E-state index in [9.17, 15) is 4.79 Å². The Morgan fingerprint density at radius 1 is 1.21 bits per heavy atom. The van der Waals surface area contributed by atoms with Gasteiger partial charge in [-0.05, 0) is 30.3 Å². The fourth-order valence-electron chi connectivity index (χ4n) is 3.85. The first-order valence-corrected chi connectivity index (χ1v) is 9.77. The monoisotopic (exact) mass is 390 g/mol. The van der Waals surface area contributed by atoms with Crippen LogP contribution in [0.2, 0.25) is 0 Å². The molecule has 1 fully saturated rings. The van der Waals surface area contributed by atoms with Gasteiger partial charge < -0.3 is 14.5 Å². The molecule has 4 aromatic rings. The van der Waals surface area contributed by atoms with Crippen LogP contribution in [0.5, 0.6) is 0 Å². The number of para-hydroxylation sites is 1. The van der Waals surface area contributed by atoms with Crippen molar-refractivity contribution in [1.29, 1.82) is 0 Å². The van der Waals surface area contributed by atoms with Gasteiger partial charge in [0.25, 0.3) is 0 Å². The highest BCUT2D eigenvalue weighted by atomic mass is 16.5. The van der Waals surface area contributed by atoms with Gasteiger partial charge in [-0.25, -0.2) is 0 Å². The van der Waals surface area contributed by atoms with Crippen LogP contribution in [0.4, 0.5) is 5.69 Å². The van der Waals surface area contributed by atoms with Gasteiger partial charge in [-0.2, -0.15) is 5.10 Å². The van der Waals surface area contributed by atoms with Crippen LogP contribution in [0.1, 0.15) is 12.2 Å². The van der Waals surface area contributed by atoms with Crippen molar-refractivity contribution < 1.29 is 13.9 Å². The molecule has 0 radical (unpaired) electrons. The summed E-state index contributed by atoms with van der Waals surface area (Å²) < 4.78 is 11.6. The van der Waals surface area contributed by atoms with E-state index in [0.717, 1.165) is 39.9 Å². The molecule has 3 heterocycles. The van der Waals surface area contributed by atoms with Crippen LogP contribution in [0.3, 0.4) is 0 Å². The van der Waals surface area contributed by atoms with E-state index in [-0.39, 0.29) is 11.9 Å². The largest absolute Gasteiger partial charge is 0.460 e. The van der Waals surface area contributed by atoms with Crippen LogP contribution in [-0.2, 0) is 16.1 Å². The molecule has 0 bridgehead atoms. The van der Waals surface area contributed by atoms with E-state index >= 15 is 0 Å². The average Bonchev–Trinajstić information content (AvgIpc) is 3.35. The number of hydrogen-bond donors (Lipinski definition) is 2. The number of aromatic nitrogens is 2. The summed E-state index contributed by atoms with van der Waals surface area (Å²) in [6.07, 6.45) is 2.11. The van der Waals surface area contributed by atoms with Crippen molar-refractivity contribution in [2.45, 2.75) is 19.0 Å². The van der Waals surface area contributed by atoms with Crippen molar-refractivity contribution in [2.75, 3.05) is 25.1 Å². The summed E-state index contributed by atoms with van der Waals surface area (Å²) in [7, 11) is 0. The first-order chi connectivity index (χ1) is 14.2. The van der Waals surface area contributed by atoms with Gasteiger partial charge >= 0.3 is 0 Å². The number of furan rings is 1. The zero-order valence-electron chi connectivity index (χ0n) is 15.9. The molecule has 0 spiro atoms. The van der Waals surface area contributed by atoms with E-state index in [1.807, 2.05) is 42.5 Å². The number of benzene rings is 2. The van der Waals surface area contributed by atoms with Crippen molar-refractivity contribution in [3.05, 3.63) is 60.5 Å². The van der Waals surface area contributed by atoms with Crippen LogP contribution < -0.4 is 5.32 Å². The van der Waals surface area contributed by atoms with Crippen LogP contribution in [0.15, 0.2) is 59.1 Å². The second-order valence-corrected chi connectivity index (χ2v) is 7.37. The minimum Gasteiger partial charge on any atom is -0.460 e. The number of fused-ring (bicyclic) bond motifs is 2. The van der Waals surface area contributed by atoms with Gasteiger partial charge in [-0.3, -0.25) is 14.8 Å². The van der Waals surface area contributed by atoms with Crippen molar-refractivity contribution in [3.8, 4) is 0 Å². The van der Waals surface area contributed by atoms with Crippen molar-refractivity contribution in [1.82, 2.24) is 15.1 Å². The number of amides is 1. The average molecular weight is 390 g/mol. The van der Waals surface area contributed by atoms with Gasteiger partial charge in [0, 0.05) is 35.5 Å². The first-order valence-electron chi connectivity index (χ1n) is 9.77. The van der Waals surface area contributed by atoms with E-state index in [0.29, 0.717) is 26.2 Å². The van der Waals surface area contributed by atoms with Gasteiger partial charge in [0.15, 0.2) is 0 Å². The molecule has 0 aliphatic carbocycles. The summed E-state index contributed by atoms with van der Waals surface area (Å²) in [4.78, 5) is 14.9. The zero-order chi connectivity index (χ0) is 19.6. The molecule has 7 heteroatoms. The lowest BCUT2D eigenvalue weighted by atomic mass is 10.1. The number of H-pyrrole nitrogens is 1. The topological polar surface area (TPSA) is 83.4 Å². The molecule has 1 saturated heterocycles. The fourth-order valence-corrected chi connectivity index (χ4v) is 3.85. The summed E-state index contributed by atoms with van der Waals surface area (Å²) in [5.41, 5.74) is 2.60. The molecule has 148 valence electrons. The molecule has 0 saturated carbocycles. The highest BCUT2D eigenvalue weighted by molar-refractivity contribution is 5.93. The summed E-state index contributed by atoms with van der Waals surface area (Å²) >= 11 is 0. The molecule has 1 aliphatic heterocycles. The van der Waals surface area contributed by atoms with Gasteiger partial charge in [-0.15, -0.1) is 0 Å². The molecule has 7 nitrogen and oxygen atoms in total. The minimum atomic E-state index is -0.0297. The number of ether oxygens (including phenoxy) is 1. The highest BCUT2D eigenvalue weighted by Gasteiger charge is 2.26. The van der Waals surface area contributed by atoms with Crippen LogP contribution >= 0.6 is 0 Å². The number of hydrogen-bond acceptors (Lipinski definition) is 5. The standard InChI is InChI=1S/C22H22N4O3/c27-22(24-17-5-6-20-16(9-17)12-23-25-20)11-18-14-28-8-7-26(18)13-19-10-15-3-1-2-4-21(15)29-19/h1-6,9-10,12,18H,7-8,11,13-14H2,(H,23,25)(H,24,27)/t18-/m1/s1. The second-order valence-electron chi connectivity index (χ2n) is 7.37. The van der Waals surface area contributed by atoms with Crippen LogP contribution in [0.25, 0.3) is 21.9 Å². The highest BCUT2D eigenvalue weighted by Crippen LogP contribution is 2.23. The quantitative estimate of drug-likeness (QED) is 0.545. The Bertz CT molecular complexity index is 1120. The predicted octanol–water partition coefficient (Wildman–Crippen LogP) is 3.54. The lowest BCUT2D eigenvalue weighted by molar-refractivity contribution is -0.119. The Morgan fingerprint density at radius 2 is 2.14 bits per heavy atom. The third-order valence-corrected chi connectivity index (χ3v) is 5.33. The Labute approximate surface area is 167 Å². The SMILES string of the molecule is O=C(C[C@@H]1COCCN1Cc1cc2ccccc2o1)Nc1ccc2[nH]ncc2c1. The molecule has 1 atom stereocenters. The summed E-state index contributed by atoms with van der Waals surface area (Å²) in [6, 6.07) is 15.8. The van der Waals surface area contributed by atoms with Crippen LogP contribution in [0, 0.1) is 0 Å². The number of aromatic amines is 1. The van der Waals surface area contributed by atoms with E-state index in [4.69, 9.17) is 9.15 Å². The van der Waals surface area contributed by atoms with Gasteiger partial charge in [0.2, 0.25) is 5.91 Å². The van der Waals surface area contributed by atoms with Gasteiger partial charge in [0.05, 0.1) is 31.5 Å². The first kappa shape index (κ1) is 17.9. The molecule has 2 aromatic heterocycles. The molecule has 1 amide bonds. The Kier molecular flexibility index (Phi) is 4.75. The third kappa shape index (κ3) is 3.87. The van der Waals surface area contributed by atoms with E-state index in [1.54, 1.807) is 6.20 Å². The lowest BCUT2D eigenvalue weighted by Crippen LogP contribution is -2.46. The van der Waals surface area contributed by atoms with E-state index in [1.165, 1.54) is 0 Å². The lowest BCUT2D eigenvalue weighted by Gasteiger charge is -2.34. The number of nitrogens with one attached hydrogen (secondary N) is 2. The number of carbonyl (C=O) groups is 1.